The van der Waals surface area contributed by atoms with E-state index >= 15 is 0 Å². The van der Waals surface area contributed by atoms with Crippen LogP contribution in [-0.4, -0.2) is 9.55 Å². The molecule has 1 heterocycles. The van der Waals surface area contributed by atoms with Gasteiger partial charge in [-0.3, -0.25) is 0 Å². The van der Waals surface area contributed by atoms with Crippen LogP contribution >= 0.6 is 0 Å². The molecule has 2 fully saturated rings. The van der Waals surface area contributed by atoms with Crippen molar-refractivity contribution in [2.24, 2.45) is 41.4 Å². The first-order chi connectivity index (χ1) is 10.8. The van der Waals surface area contributed by atoms with Crippen molar-refractivity contribution in [3.05, 3.63) is 43.0 Å². The summed E-state index contributed by atoms with van der Waals surface area (Å²) in [6.07, 6.45) is 23.3. The number of imidazole rings is 1. The van der Waals surface area contributed by atoms with Crippen molar-refractivity contribution in [2.45, 2.75) is 38.6 Å². The van der Waals surface area contributed by atoms with E-state index in [-0.39, 0.29) is 0 Å². The molecule has 22 heavy (non-hydrogen) atoms. The molecule has 2 saturated carbocycles. The first-order valence-corrected chi connectivity index (χ1v) is 9.17. The van der Waals surface area contributed by atoms with E-state index in [1.807, 2.05) is 12.5 Å². The maximum atomic E-state index is 4.26. The molecule has 5 rings (SSSR count). The monoisotopic (exact) mass is 294 g/mol. The van der Waals surface area contributed by atoms with Crippen molar-refractivity contribution >= 4 is 0 Å². The number of allylic oxidation sites excluding steroid dienone is 4. The molecule has 2 heteroatoms. The fourth-order valence-electron chi connectivity index (χ4n) is 5.97. The zero-order valence-electron chi connectivity index (χ0n) is 13.2. The highest BCUT2D eigenvalue weighted by atomic mass is 15.0. The average Bonchev–Trinajstić information content (AvgIpc) is 3.31. The number of fused-ring (bicyclic) bond motifs is 4. The fourth-order valence-corrected chi connectivity index (χ4v) is 5.97. The van der Waals surface area contributed by atoms with E-state index in [4.69, 9.17) is 0 Å². The molecule has 4 aliphatic rings. The molecule has 0 amide bonds. The number of nitrogens with zero attached hydrogens (tertiary/aromatic N) is 2. The summed E-state index contributed by atoms with van der Waals surface area (Å²) in [6, 6.07) is 0. The lowest BCUT2D eigenvalue weighted by molar-refractivity contribution is 0.197. The summed E-state index contributed by atoms with van der Waals surface area (Å²) >= 11 is 0. The molecular weight excluding hydrogens is 268 g/mol. The molecule has 4 bridgehead atoms. The molecule has 7 atom stereocenters. The second-order valence-corrected chi connectivity index (χ2v) is 8.24. The third kappa shape index (κ3) is 2.19. The second kappa shape index (κ2) is 5.11. The van der Waals surface area contributed by atoms with Gasteiger partial charge in [0, 0.05) is 18.9 Å². The molecular formula is C20H26N2. The molecule has 7 unspecified atom stereocenters. The van der Waals surface area contributed by atoms with Crippen LogP contribution in [0.25, 0.3) is 0 Å². The van der Waals surface area contributed by atoms with Gasteiger partial charge in [-0.15, -0.1) is 0 Å². The van der Waals surface area contributed by atoms with Crippen molar-refractivity contribution in [3.8, 4) is 0 Å². The summed E-state index contributed by atoms with van der Waals surface area (Å²) in [6.45, 7) is 1.18. The van der Waals surface area contributed by atoms with Gasteiger partial charge in [0.15, 0.2) is 0 Å². The smallest absolute Gasteiger partial charge is 0.0945 e. The quantitative estimate of drug-likeness (QED) is 0.740. The van der Waals surface area contributed by atoms with Crippen LogP contribution in [0, 0.1) is 41.4 Å². The number of aromatic nitrogens is 2. The molecule has 0 saturated heterocycles. The Bertz CT molecular complexity index is 585. The van der Waals surface area contributed by atoms with Crippen molar-refractivity contribution in [2.75, 3.05) is 0 Å². The minimum Gasteiger partial charge on any atom is -0.337 e. The molecule has 1 aromatic rings. The van der Waals surface area contributed by atoms with Crippen LogP contribution in [-0.2, 0) is 6.54 Å². The Morgan fingerprint density at radius 3 is 2.36 bits per heavy atom. The van der Waals surface area contributed by atoms with Crippen LogP contribution in [0.5, 0.6) is 0 Å². The normalized spacial score (nSPS) is 42.5. The summed E-state index contributed by atoms with van der Waals surface area (Å²) in [7, 11) is 0. The molecule has 2 nitrogen and oxygen atoms in total. The number of rotatable bonds is 5. The predicted molar refractivity (Wildman–Crippen MR) is 88.0 cm³/mol. The fraction of sp³-hybridized carbons (Fsp3) is 0.650. The van der Waals surface area contributed by atoms with Gasteiger partial charge in [0.25, 0.3) is 0 Å². The van der Waals surface area contributed by atoms with Gasteiger partial charge in [-0.1, -0.05) is 24.3 Å². The van der Waals surface area contributed by atoms with Gasteiger partial charge < -0.3 is 4.57 Å². The molecule has 0 aromatic carbocycles. The Morgan fingerprint density at radius 2 is 1.77 bits per heavy atom. The zero-order chi connectivity index (χ0) is 14.5. The van der Waals surface area contributed by atoms with Crippen molar-refractivity contribution in [3.63, 3.8) is 0 Å². The van der Waals surface area contributed by atoms with Gasteiger partial charge in [0.2, 0.25) is 0 Å². The number of hydrogen-bond acceptors (Lipinski definition) is 1. The lowest BCUT2D eigenvalue weighted by atomic mass is 9.75. The molecule has 0 spiro atoms. The molecule has 1 aromatic heterocycles. The summed E-state index contributed by atoms with van der Waals surface area (Å²) < 4.78 is 2.32. The van der Waals surface area contributed by atoms with E-state index < -0.39 is 0 Å². The van der Waals surface area contributed by atoms with Crippen LogP contribution in [0.2, 0.25) is 0 Å². The minimum atomic E-state index is 0.840. The van der Waals surface area contributed by atoms with E-state index in [0.29, 0.717) is 0 Å². The summed E-state index contributed by atoms with van der Waals surface area (Å²) in [5.74, 6) is 6.26. The molecule has 0 radical (unpaired) electrons. The van der Waals surface area contributed by atoms with E-state index in [0.717, 1.165) is 41.4 Å². The topological polar surface area (TPSA) is 17.8 Å². The maximum Gasteiger partial charge on any atom is 0.0945 e. The Balaban J connectivity index is 1.34. The van der Waals surface area contributed by atoms with E-state index in [2.05, 4.69) is 40.1 Å². The van der Waals surface area contributed by atoms with Crippen molar-refractivity contribution in [1.82, 2.24) is 9.55 Å². The summed E-state index contributed by atoms with van der Waals surface area (Å²) in [5, 5.41) is 0. The highest BCUT2D eigenvalue weighted by Gasteiger charge is 2.43. The van der Waals surface area contributed by atoms with E-state index in [1.165, 1.54) is 38.6 Å². The Kier molecular flexibility index (Phi) is 3.06. The van der Waals surface area contributed by atoms with Crippen LogP contribution in [0.3, 0.4) is 0 Å². The van der Waals surface area contributed by atoms with Crippen LogP contribution in [0.4, 0.5) is 0 Å². The summed E-state index contributed by atoms with van der Waals surface area (Å²) in [4.78, 5) is 4.26. The van der Waals surface area contributed by atoms with E-state index in [9.17, 15) is 0 Å². The first kappa shape index (κ1) is 13.2. The van der Waals surface area contributed by atoms with Crippen LogP contribution in [0.15, 0.2) is 43.0 Å². The Labute approximate surface area is 133 Å². The third-order valence-corrected chi connectivity index (χ3v) is 6.96. The highest BCUT2D eigenvalue weighted by molar-refractivity contribution is 5.13. The van der Waals surface area contributed by atoms with Crippen LogP contribution < -0.4 is 0 Å². The van der Waals surface area contributed by atoms with E-state index in [1.54, 1.807) is 0 Å². The van der Waals surface area contributed by atoms with Gasteiger partial charge in [-0.25, -0.2) is 4.98 Å². The van der Waals surface area contributed by atoms with Crippen LogP contribution in [0.1, 0.15) is 32.1 Å². The van der Waals surface area contributed by atoms with Gasteiger partial charge in [-0.05, 0) is 73.5 Å². The average molecular weight is 294 g/mol. The van der Waals surface area contributed by atoms with Gasteiger partial charge in [0.05, 0.1) is 6.33 Å². The minimum absolute atomic E-state index is 0.840. The first-order valence-electron chi connectivity index (χ1n) is 9.17. The lowest BCUT2D eigenvalue weighted by Crippen LogP contribution is -2.27. The van der Waals surface area contributed by atoms with Crippen molar-refractivity contribution in [1.29, 1.82) is 0 Å². The molecule has 0 N–H and O–H groups in total. The lowest BCUT2D eigenvalue weighted by Gasteiger charge is -2.32. The molecule has 0 aliphatic heterocycles. The van der Waals surface area contributed by atoms with Gasteiger partial charge in [-0.2, -0.15) is 0 Å². The molecule has 4 aliphatic carbocycles. The van der Waals surface area contributed by atoms with Gasteiger partial charge in [0.1, 0.15) is 0 Å². The Hall–Kier alpha value is -1.31. The zero-order valence-corrected chi connectivity index (χ0v) is 13.2. The molecule has 116 valence electrons. The largest absolute Gasteiger partial charge is 0.337 e. The number of hydrogen-bond donors (Lipinski definition) is 0. The predicted octanol–water partition coefficient (Wildman–Crippen LogP) is 4.31. The Morgan fingerprint density at radius 1 is 0.955 bits per heavy atom. The third-order valence-electron chi connectivity index (χ3n) is 6.96. The van der Waals surface area contributed by atoms with Gasteiger partial charge >= 0.3 is 0 Å². The second-order valence-electron chi connectivity index (χ2n) is 8.24. The SMILES string of the molecule is C1=CC2CC1CC2CC(Cn1ccnc1)C1CC2C=CC1C2. The highest BCUT2D eigenvalue weighted by Crippen LogP contribution is 2.52. The standard InChI is InChI=1S/C20H26N2/c1-3-16-7-14(1)9-18(16)11-19(12-22-6-5-21-13-22)20-10-15-2-4-17(20)8-15/h1-6,13-20H,7-12H2. The maximum absolute atomic E-state index is 4.26. The van der Waals surface area contributed by atoms with Crippen molar-refractivity contribution < 1.29 is 0 Å². The summed E-state index contributed by atoms with van der Waals surface area (Å²) in [5.41, 5.74) is 0.